The Morgan fingerprint density at radius 3 is 2.53 bits per heavy atom. The molecule has 0 amide bonds. The molecule has 2 unspecified atom stereocenters. The lowest BCUT2D eigenvalue weighted by molar-refractivity contribution is -0.546. The predicted octanol–water partition coefficient (Wildman–Crippen LogP) is 0.537. The van der Waals surface area contributed by atoms with Crippen LogP contribution >= 0.6 is 23.1 Å². The predicted molar refractivity (Wildman–Crippen MR) is 114 cm³/mol. The fraction of sp³-hybridized carbons (Fsp3) is 0.476. The van der Waals surface area contributed by atoms with E-state index in [0.29, 0.717) is 31.3 Å². The Hall–Kier alpha value is -1.94. The Morgan fingerprint density at radius 1 is 1.03 bits per heavy atom. The van der Waals surface area contributed by atoms with E-state index in [0.717, 1.165) is 36.2 Å². The average molecular weight is 447 g/mol. The third-order valence-electron chi connectivity index (χ3n) is 5.76. The molecule has 1 aromatic rings. The van der Waals surface area contributed by atoms with Crippen molar-refractivity contribution in [1.82, 2.24) is 0 Å². The minimum absolute atomic E-state index is 0.0586. The quantitative estimate of drug-likeness (QED) is 0.495. The number of rotatable bonds is 3. The highest BCUT2D eigenvalue weighted by molar-refractivity contribution is 8.15. The number of ketones is 2. The van der Waals surface area contributed by atoms with Crippen molar-refractivity contribution in [3.63, 3.8) is 0 Å². The van der Waals surface area contributed by atoms with Gasteiger partial charge in [-0.2, -0.15) is 0 Å². The Kier molecular flexibility index (Phi) is 5.53. The number of allylic oxidation sites excluding steroid dienone is 2. The fourth-order valence-corrected chi connectivity index (χ4v) is 6.55. The Labute approximate surface area is 182 Å². The lowest BCUT2D eigenvalue weighted by Crippen LogP contribution is -2.35. The molecule has 0 spiro atoms. The standard InChI is InChI=1S/C21H22N2O5S2/c24-19-17(13-1-3-15(29-13)22-5-9-27-10-6-22)20(25)21(26)18(19)14-2-4-16(30-14)23-7-11-28-12-8-23/h1-4,13,17H,5-12H2. The minimum atomic E-state index is -0.929. The first-order chi connectivity index (χ1) is 14.6. The van der Waals surface area contributed by atoms with E-state index in [1.165, 1.54) is 23.1 Å². The zero-order chi connectivity index (χ0) is 20.7. The number of anilines is 1. The van der Waals surface area contributed by atoms with E-state index in [9.17, 15) is 14.7 Å². The lowest BCUT2D eigenvalue weighted by atomic mass is 9.98. The van der Waals surface area contributed by atoms with Crippen molar-refractivity contribution in [3.8, 4) is 0 Å². The van der Waals surface area contributed by atoms with E-state index in [1.807, 2.05) is 18.2 Å². The Morgan fingerprint density at radius 2 is 1.77 bits per heavy atom. The van der Waals surface area contributed by atoms with Crippen LogP contribution < -0.4 is 10.0 Å². The zero-order valence-electron chi connectivity index (χ0n) is 16.4. The minimum Gasteiger partial charge on any atom is -0.870 e. The number of carbonyl (C=O) groups is 2. The molecule has 0 aromatic carbocycles. The fourth-order valence-electron chi connectivity index (χ4n) is 4.14. The highest BCUT2D eigenvalue weighted by atomic mass is 32.2. The molecule has 9 heteroatoms. The van der Waals surface area contributed by atoms with Crippen LogP contribution in [0.15, 0.2) is 30.0 Å². The van der Waals surface area contributed by atoms with Crippen molar-refractivity contribution in [2.24, 2.45) is 5.92 Å². The first kappa shape index (κ1) is 20.0. The molecule has 2 saturated heterocycles. The molecule has 1 aliphatic carbocycles. The number of Topliss-reactive ketones (excluding diaryl/α,β-unsaturated/α-hetero) is 2. The maximum Gasteiger partial charge on any atom is 0.235 e. The van der Waals surface area contributed by atoms with Gasteiger partial charge in [-0.25, -0.2) is 4.58 Å². The van der Waals surface area contributed by atoms with Crippen molar-refractivity contribution in [1.29, 1.82) is 0 Å². The number of morpholine rings is 2. The molecule has 0 saturated carbocycles. The van der Waals surface area contributed by atoms with Gasteiger partial charge >= 0.3 is 0 Å². The summed E-state index contributed by atoms with van der Waals surface area (Å²) in [6, 6.07) is 3.71. The molecule has 0 N–H and O–H groups in total. The maximum absolute atomic E-state index is 13.2. The Balaban J connectivity index is 1.35. The largest absolute Gasteiger partial charge is 0.870 e. The normalized spacial score (nSPS) is 27.7. The van der Waals surface area contributed by atoms with Gasteiger partial charge in [0.25, 0.3) is 0 Å². The molecular weight excluding hydrogens is 424 g/mol. The highest BCUT2D eigenvalue weighted by Gasteiger charge is 2.45. The summed E-state index contributed by atoms with van der Waals surface area (Å²) < 4.78 is 13.0. The van der Waals surface area contributed by atoms with Crippen LogP contribution in [-0.4, -0.2) is 79.0 Å². The molecule has 158 valence electrons. The van der Waals surface area contributed by atoms with Crippen LogP contribution in [-0.2, 0) is 19.1 Å². The van der Waals surface area contributed by atoms with E-state index in [4.69, 9.17) is 9.47 Å². The highest BCUT2D eigenvalue weighted by Crippen LogP contribution is 2.41. The first-order valence-electron chi connectivity index (χ1n) is 10.1. The topological polar surface area (TPSA) is 81.9 Å². The van der Waals surface area contributed by atoms with Crippen molar-refractivity contribution in [2.45, 2.75) is 5.25 Å². The second-order valence-electron chi connectivity index (χ2n) is 7.53. The first-order valence-corrected chi connectivity index (χ1v) is 11.8. The number of carbonyl (C=O) groups excluding carboxylic acids is 2. The molecule has 0 bridgehead atoms. The van der Waals surface area contributed by atoms with Crippen LogP contribution in [0.5, 0.6) is 0 Å². The summed E-state index contributed by atoms with van der Waals surface area (Å²) in [6.07, 6.45) is 3.85. The van der Waals surface area contributed by atoms with Crippen LogP contribution in [0.4, 0.5) is 5.00 Å². The smallest absolute Gasteiger partial charge is 0.235 e. The number of nitrogens with zero attached hydrogens (tertiary/aromatic N) is 2. The van der Waals surface area contributed by atoms with Crippen LogP contribution in [0.1, 0.15) is 4.88 Å². The van der Waals surface area contributed by atoms with Crippen molar-refractivity contribution in [2.75, 3.05) is 57.5 Å². The summed E-state index contributed by atoms with van der Waals surface area (Å²) in [5, 5.41) is 14.5. The lowest BCUT2D eigenvalue weighted by Gasteiger charge is -2.27. The van der Waals surface area contributed by atoms with E-state index < -0.39 is 17.5 Å². The van der Waals surface area contributed by atoms with E-state index in [2.05, 4.69) is 9.48 Å². The summed E-state index contributed by atoms with van der Waals surface area (Å²) >= 11 is 2.90. The number of thioether (sulfide) groups is 1. The van der Waals surface area contributed by atoms with Crippen molar-refractivity contribution < 1.29 is 28.7 Å². The number of hydrogen-bond donors (Lipinski definition) is 0. The summed E-state index contributed by atoms with van der Waals surface area (Å²) in [6.45, 7) is 5.81. The van der Waals surface area contributed by atoms with Crippen LogP contribution in [0, 0.1) is 5.92 Å². The van der Waals surface area contributed by atoms with Crippen LogP contribution in [0.2, 0.25) is 0 Å². The van der Waals surface area contributed by atoms with E-state index in [1.54, 1.807) is 6.07 Å². The molecule has 4 heterocycles. The molecule has 30 heavy (non-hydrogen) atoms. The van der Waals surface area contributed by atoms with Gasteiger partial charge in [-0.3, -0.25) is 9.59 Å². The molecule has 5 rings (SSSR count). The van der Waals surface area contributed by atoms with Crippen LogP contribution in [0.3, 0.4) is 0 Å². The monoisotopic (exact) mass is 446 g/mol. The van der Waals surface area contributed by atoms with Gasteiger partial charge in [-0.1, -0.05) is 11.8 Å². The zero-order valence-corrected chi connectivity index (χ0v) is 18.0. The van der Waals surface area contributed by atoms with Crippen molar-refractivity contribution >= 4 is 50.3 Å². The summed E-state index contributed by atoms with van der Waals surface area (Å²) in [7, 11) is 0. The van der Waals surface area contributed by atoms with Gasteiger partial charge in [0.1, 0.15) is 19.1 Å². The van der Waals surface area contributed by atoms with Gasteiger partial charge < -0.3 is 19.5 Å². The molecule has 4 aliphatic rings. The Bertz CT molecular complexity index is 966. The van der Waals surface area contributed by atoms with Gasteiger partial charge in [0.05, 0.1) is 23.5 Å². The molecule has 0 radical (unpaired) electrons. The van der Waals surface area contributed by atoms with Gasteiger partial charge in [-0.15, -0.1) is 11.3 Å². The molecular formula is C21H22N2O5S2. The second-order valence-corrected chi connectivity index (χ2v) is 9.79. The molecule has 3 aliphatic heterocycles. The summed E-state index contributed by atoms with van der Waals surface area (Å²) in [5.41, 5.74) is 0.0586. The molecule has 2 atom stereocenters. The third-order valence-corrected chi connectivity index (χ3v) is 8.26. The van der Waals surface area contributed by atoms with E-state index >= 15 is 0 Å². The van der Waals surface area contributed by atoms with E-state index in [-0.39, 0.29) is 16.6 Å². The average Bonchev–Trinajstić information content (AvgIpc) is 3.49. The molecule has 1 aromatic heterocycles. The van der Waals surface area contributed by atoms with Crippen molar-refractivity contribution in [3.05, 3.63) is 34.9 Å². The number of hydrogen-bond acceptors (Lipinski definition) is 8. The summed E-state index contributed by atoms with van der Waals surface area (Å²) in [4.78, 5) is 28.7. The maximum atomic E-state index is 13.2. The summed E-state index contributed by atoms with van der Waals surface area (Å²) in [5.74, 6) is -2.50. The third kappa shape index (κ3) is 3.53. The molecule has 2 fully saturated rings. The van der Waals surface area contributed by atoms with Gasteiger partial charge in [0.2, 0.25) is 5.04 Å². The van der Waals surface area contributed by atoms with Gasteiger partial charge in [0, 0.05) is 29.6 Å². The number of ether oxygens (including phenoxy) is 2. The molecule has 7 nitrogen and oxygen atoms in total. The SMILES string of the molecule is O=C1C([O-])=C(c2ccc(N3CCOCC3)s2)C(=O)C1C1C=CC(=[N+]2CCOCC2)S1. The number of thiophene rings is 1. The van der Waals surface area contributed by atoms with Crippen LogP contribution in [0.25, 0.3) is 5.57 Å². The second kappa shape index (κ2) is 8.30. The van der Waals surface area contributed by atoms with Gasteiger partial charge in [-0.05, 0) is 23.9 Å². The van der Waals surface area contributed by atoms with Gasteiger partial charge in [0.15, 0.2) is 24.7 Å².